The van der Waals surface area contributed by atoms with Gasteiger partial charge in [0, 0.05) is 5.56 Å². The van der Waals surface area contributed by atoms with Crippen LogP contribution in [0, 0.1) is 6.07 Å². The molecule has 2 N–H and O–H groups in total. The summed E-state index contributed by atoms with van der Waals surface area (Å²) >= 11 is 0. The van der Waals surface area contributed by atoms with Crippen LogP contribution in [0.3, 0.4) is 0 Å². The highest BCUT2D eigenvalue weighted by Gasteiger charge is 2.09. The monoisotopic (exact) mass is 226 g/mol. The van der Waals surface area contributed by atoms with Gasteiger partial charge in [-0.2, -0.15) is 0 Å². The molecule has 0 heterocycles. The summed E-state index contributed by atoms with van der Waals surface area (Å²) in [6.07, 6.45) is 0. The zero-order chi connectivity index (χ0) is 12.3. The van der Waals surface area contributed by atoms with Gasteiger partial charge >= 0.3 is 0 Å². The third-order valence-corrected chi connectivity index (χ3v) is 2.51. The molecule has 2 rings (SSSR count). The Labute approximate surface area is 99.8 Å². The number of methoxy groups -OCH3 is 1. The van der Waals surface area contributed by atoms with Crippen molar-refractivity contribution in [3.63, 3.8) is 0 Å². The Balaban J connectivity index is 2.56. The van der Waals surface area contributed by atoms with E-state index in [0.29, 0.717) is 5.56 Å². The lowest BCUT2D eigenvalue weighted by Crippen LogP contribution is -2.12. The molecule has 2 aromatic rings. The number of benzene rings is 2. The number of nitrogens with two attached hydrogens (primary N) is 1. The highest BCUT2D eigenvalue weighted by Crippen LogP contribution is 2.26. The molecular formula is C14H12NO2. The fraction of sp³-hybridized carbons (Fsp3) is 0.0714. The summed E-state index contributed by atoms with van der Waals surface area (Å²) in [4.78, 5) is 11.3. The van der Waals surface area contributed by atoms with Crippen LogP contribution < -0.4 is 10.5 Å². The van der Waals surface area contributed by atoms with Gasteiger partial charge in [-0.05, 0) is 35.4 Å². The van der Waals surface area contributed by atoms with Crippen molar-refractivity contribution >= 4 is 5.91 Å². The van der Waals surface area contributed by atoms with Crippen LogP contribution in [-0.2, 0) is 0 Å². The second-order valence-corrected chi connectivity index (χ2v) is 3.57. The standard InChI is InChI=1S/C14H12NO2/c1-17-11-6-4-5-10(9-11)12-7-2-3-8-13(12)14(15)16/h2,4-9H,1H3,(H2,15,16). The molecule has 0 aliphatic heterocycles. The van der Waals surface area contributed by atoms with E-state index in [2.05, 4.69) is 6.07 Å². The maximum absolute atomic E-state index is 11.3. The first kappa shape index (κ1) is 11.2. The average molecular weight is 226 g/mol. The third kappa shape index (κ3) is 2.28. The van der Waals surface area contributed by atoms with Crippen LogP contribution in [0.2, 0.25) is 0 Å². The first-order valence-electron chi connectivity index (χ1n) is 5.16. The number of amides is 1. The van der Waals surface area contributed by atoms with Crippen molar-refractivity contribution in [2.24, 2.45) is 5.73 Å². The Morgan fingerprint density at radius 3 is 2.88 bits per heavy atom. The lowest BCUT2D eigenvalue weighted by molar-refractivity contribution is 0.100. The molecule has 0 spiro atoms. The number of hydrogen-bond acceptors (Lipinski definition) is 2. The van der Waals surface area contributed by atoms with Crippen molar-refractivity contribution in [3.8, 4) is 16.9 Å². The van der Waals surface area contributed by atoms with E-state index in [4.69, 9.17) is 10.5 Å². The Morgan fingerprint density at radius 2 is 2.18 bits per heavy atom. The van der Waals surface area contributed by atoms with Crippen molar-refractivity contribution in [1.82, 2.24) is 0 Å². The molecule has 3 nitrogen and oxygen atoms in total. The van der Waals surface area contributed by atoms with E-state index in [-0.39, 0.29) is 0 Å². The van der Waals surface area contributed by atoms with Crippen LogP contribution in [0.25, 0.3) is 11.1 Å². The minimum absolute atomic E-state index is 0.459. The molecule has 0 saturated heterocycles. The average Bonchev–Trinajstić information content (AvgIpc) is 2.39. The van der Waals surface area contributed by atoms with Gasteiger partial charge in [0.15, 0.2) is 0 Å². The molecule has 0 aliphatic rings. The fourth-order valence-corrected chi connectivity index (χ4v) is 1.68. The van der Waals surface area contributed by atoms with Gasteiger partial charge in [0.25, 0.3) is 0 Å². The zero-order valence-electron chi connectivity index (χ0n) is 9.44. The van der Waals surface area contributed by atoms with Crippen LogP contribution >= 0.6 is 0 Å². The Hall–Kier alpha value is -2.29. The first-order valence-corrected chi connectivity index (χ1v) is 5.16. The molecule has 0 fully saturated rings. The number of carbonyl (C=O) groups excluding carboxylic acids is 1. The van der Waals surface area contributed by atoms with Crippen molar-refractivity contribution in [2.75, 3.05) is 7.11 Å². The molecule has 17 heavy (non-hydrogen) atoms. The minimum atomic E-state index is -0.459. The van der Waals surface area contributed by atoms with E-state index in [1.165, 1.54) is 0 Å². The number of carbonyl (C=O) groups is 1. The molecule has 0 aromatic heterocycles. The lowest BCUT2D eigenvalue weighted by atomic mass is 9.99. The summed E-state index contributed by atoms with van der Waals surface area (Å²) in [6.45, 7) is 0. The Morgan fingerprint density at radius 1 is 1.35 bits per heavy atom. The molecule has 1 radical (unpaired) electrons. The number of primary amides is 1. The number of rotatable bonds is 3. The molecule has 0 aliphatic carbocycles. The maximum Gasteiger partial charge on any atom is 0.249 e. The molecule has 0 atom stereocenters. The van der Waals surface area contributed by atoms with Crippen LogP contribution in [0.15, 0.2) is 42.5 Å². The molecule has 85 valence electrons. The molecule has 1 amide bonds. The number of ether oxygens (including phenoxy) is 1. The van der Waals surface area contributed by atoms with E-state index >= 15 is 0 Å². The van der Waals surface area contributed by atoms with Gasteiger partial charge in [-0.3, -0.25) is 4.79 Å². The van der Waals surface area contributed by atoms with Crippen LogP contribution in [0.5, 0.6) is 5.75 Å². The van der Waals surface area contributed by atoms with Gasteiger partial charge in [0.05, 0.1) is 7.11 Å². The van der Waals surface area contributed by atoms with Crippen molar-refractivity contribution in [3.05, 3.63) is 54.1 Å². The SMILES string of the molecule is COc1cccc(-c2cc[c]cc2C(N)=O)c1. The van der Waals surface area contributed by atoms with Gasteiger partial charge < -0.3 is 10.5 Å². The van der Waals surface area contributed by atoms with Gasteiger partial charge in [0.2, 0.25) is 5.91 Å². The van der Waals surface area contributed by atoms with Gasteiger partial charge in [-0.1, -0.05) is 24.3 Å². The Kier molecular flexibility index (Phi) is 3.10. The minimum Gasteiger partial charge on any atom is -0.497 e. The Bertz CT molecular complexity index is 549. The second-order valence-electron chi connectivity index (χ2n) is 3.57. The van der Waals surface area contributed by atoms with Gasteiger partial charge in [-0.25, -0.2) is 0 Å². The molecule has 0 saturated carbocycles. The van der Waals surface area contributed by atoms with Gasteiger partial charge in [0.1, 0.15) is 5.75 Å². The normalized spacial score (nSPS) is 9.94. The summed E-state index contributed by atoms with van der Waals surface area (Å²) in [7, 11) is 1.60. The predicted octanol–water partition coefficient (Wildman–Crippen LogP) is 2.26. The third-order valence-electron chi connectivity index (χ3n) is 2.51. The topological polar surface area (TPSA) is 52.3 Å². The van der Waals surface area contributed by atoms with Crippen molar-refractivity contribution in [2.45, 2.75) is 0 Å². The van der Waals surface area contributed by atoms with Gasteiger partial charge in [-0.15, -0.1) is 0 Å². The van der Waals surface area contributed by atoms with Crippen molar-refractivity contribution in [1.29, 1.82) is 0 Å². The largest absolute Gasteiger partial charge is 0.497 e. The van der Waals surface area contributed by atoms with E-state index in [9.17, 15) is 4.79 Å². The molecule has 0 bridgehead atoms. The lowest BCUT2D eigenvalue weighted by Gasteiger charge is -2.08. The maximum atomic E-state index is 11.3. The highest BCUT2D eigenvalue weighted by molar-refractivity contribution is 5.99. The van der Waals surface area contributed by atoms with Crippen LogP contribution in [0.4, 0.5) is 0 Å². The summed E-state index contributed by atoms with van der Waals surface area (Å²) in [5, 5.41) is 0. The van der Waals surface area contributed by atoms with Crippen LogP contribution in [0.1, 0.15) is 10.4 Å². The molecule has 2 aromatic carbocycles. The van der Waals surface area contributed by atoms with E-state index in [1.54, 1.807) is 19.2 Å². The van der Waals surface area contributed by atoms with E-state index < -0.39 is 5.91 Å². The van der Waals surface area contributed by atoms with E-state index in [1.807, 2.05) is 30.3 Å². The quantitative estimate of drug-likeness (QED) is 0.872. The fourth-order valence-electron chi connectivity index (χ4n) is 1.68. The molecule has 0 unspecified atom stereocenters. The highest BCUT2D eigenvalue weighted by atomic mass is 16.5. The zero-order valence-corrected chi connectivity index (χ0v) is 9.44. The first-order chi connectivity index (χ1) is 8.22. The van der Waals surface area contributed by atoms with Crippen LogP contribution in [-0.4, -0.2) is 13.0 Å². The van der Waals surface area contributed by atoms with Crippen molar-refractivity contribution < 1.29 is 9.53 Å². The number of hydrogen-bond donors (Lipinski definition) is 1. The smallest absolute Gasteiger partial charge is 0.249 e. The van der Waals surface area contributed by atoms with E-state index in [0.717, 1.165) is 16.9 Å². The summed E-state index contributed by atoms with van der Waals surface area (Å²) in [5.41, 5.74) is 7.47. The predicted molar refractivity (Wildman–Crippen MR) is 65.8 cm³/mol. The summed E-state index contributed by atoms with van der Waals surface area (Å²) in [5.74, 6) is 0.283. The molecular weight excluding hydrogens is 214 g/mol. The second kappa shape index (κ2) is 4.70. The summed E-state index contributed by atoms with van der Waals surface area (Å²) < 4.78 is 5.15. The molecule has 3 heteroatoms. The summed E-state index contributed by atoms with van der Waals surface area (Å²) in [6, 6.07) is 15.5.